The van der Waals surface area contributed by atoms with Gasteiger partial charge in [0, 0.05) is 44.0 Å². The second kappa shape index (κ2) is 18.7. The van der Waals surface area contributed by atoms with Crippen molar-refractivity contribution in [1.82, 2.24) is 20.6 Å². The largest absolute Gasteiger partial charge is 0.489 e. The number of guanidine groups is 2. The molecule has 0 aliphatic carbocycles. The molecule has 4 aromatic carbocycles. The Kier molecular flexibility index (Phi) is 13.7. The summed E-state index contributed by atoms with van der Waals surface area (Å²) in [5.41, 5.74) is 23.7. The molecule has 14 nitrogen and oxygen atoms in total. The van der Waals surface area contributed by atoms with E-state index in [1.165, 1.54) is 26.2 Å². The first-order valence-corrected chi connectivity index (χ1v) is 17.8. The number of alkyl halides is 6. The molecule has 6 rings (SSSR count). The molecule has 0 saturated carbocycles. The number of hydrogen-bond donors (Lipinski definition) is 8. The molecule has 60 heavy (non-hydrogen) atoms. The van der Waals surface area contributed by atoms with Crippen molar-refractivity contribution in [3.05, 3.63) is 130 Å². The highest BCUT2D eigenvalue weighted by atomic mass is 19.4. The molecule has 0 unspecified atom stereocenters. The highest BCUT2D eigenvalue weighted by Gasteiger charge is 2.35. The number of halogens is 6. The number of amides is 2. The fraction of sp³-hybridized carbons (Fsp3) is 0.200. The number of nitrogens with zero attached hydrogens (tertiary/aromatic N) is 2. The van der Waals surface area contributed by atoms with E-state index in [0.717, 1.165) is 46.5 Å². The predicted octanol–water partition coefficient (Wildman–Crippen LogP) is 5.80. The molecule has 0 aliphatic rings. The molecular weight excluding hydrogens is 798 g/mol. The fourth-order valence-corrected chi connectivity index (χ4v) is 5.68. The molecule has 0 radical (unpaired) electrons. The standard InChI is InChI=1S/2C20H20F3N5O2/c1-26-19(25)28-18(29)17-8-14-15(20(21,22)23)6-13(7-16(14)27-17)30-10-12-4-2-11(9-24)3-5-12;1-26-19(25)28-18(29)15-8-13-14(20(21,22)23)6-7-16(17(13)27-15)30-10-12-4-2-11(9-24)3-5-12/h2*2-8,27H,9-10,24H2,1H3,(H3,25,26,28,29). The topological polar surface area (TPSA) is 237 Å². The van der Waals surface area contributed by atoms with Gasteiger partial charge in [0.05, 0.1) is 22.2 Å². The van der Waals surface area contributed by atoms with E-state index >= 15 is 0 Å². The first-order valence-electron chi connectivity index (χ1n) is 17.8. The SMILES string of the molecule is CN=C(N)NC(=O)c1cc2c(C(F)(F)F)cc(OCc3ccc(CN)cc3)cc2[nH]1.CN=C(N)NC(=O)c1cc2c(C(F)(F)F)ccc(OCc3ccc(CN)cc3)c2[nH]1. The van der Waals surface area contributed by atoms with Gasteiger partial charge in [-0.15, -0.1) is 0 Å². The summed E-state index contributed by atoms with van der Waals surface area (Å²) in [6.45, 7) is 0.999. The van der Waals surface area contributed by atoms with Gasteiger partial charge in [-0.25, -0.2) is 0 Å². The summed E-state index contributed by atoms with van der Waals surface area (Å²) >= 11 is 0. The average Bonchev–Trinajstić information content (AvgIpc) is 3.87. The lowest BCUT2D eigenvalue weighted by atomic mass is 10.1. The minimum Gasteiger partial charge on any atom is -0.489 e. The van der Waals surface area contributed by atoms with E-state index in [2.05, 4.69) is 30.6 Å². The number of rotatable bonds is 10. The van der Waals surface area contributed by atoms with Crippen LogP contribution in [-0.4, -0.2) is 47.8 Å². The minimum atomic E-state index is -4.64. The van der Waals surface area contributed by atoms with Gasteiger partial charge >= 0.3 is 12.4 Å². The van der Waals surface area contributed by atoms with Crippen LogP contribution >= 0.6 is 0 Å². The number of ether oxygens (including phenoxy) is 2. The quantitative estimate of drug-likeness (QED) is 0.0476. The summed E-state index contributed by atoms with van der Waals surface area (Å²) in [7, 11) is 2.74. The number of carbonyl (C=O) groups excluding carboxylic acids is 2. The third-order valence-electron chi connectivity index (χ3n) is 8.85. The predicted molar refractivity (Wildman–Crippen MR) is 214 cm³/mol. The highest BCUT2D eigenvalue weighted by Crippen LogP contribution is 2.40. The van der Waals surface area contributed by atoms with Crippen LogP contribution < -0.4 is 43.0 Å². The van der Waals surface area contributed by atoms with Crippen LogP contribution in [0.15, 0.2) is 94.9 Å². The van der Waals surface area contributed by atoms with E-state index in [9.17, 15) is 35.9 Å². The average molecular weight is 839 g/mol. The molecule has 6 aromatic rings. The van der Waals surface area contributed by atoms with Gasteiger partial charge in [-0.2, -0.15) is 26.3 Å². The normalized spacial score (nSPS) is 12.2. The maximum Gasteiger partial charge on any atom is 0.417 e. The molecule has 2 heterocycles. The van der Waals surface area contributed by atoms with Crippen molar-refractivity contribution in [2.24, 2.45) is 32.9 Å². The Bertz CT molecular complexity index is 2530. The molecule has 2 amide bonds. The molecular formula is C40H40F6N10O4. The second-order valence-electron chi connectivity index (χ2n) is 12.9. The molecule has 0 aliphatic heterocycles. The van der Waals surface area contributed by atoms with Crippen LogP contribution in [0.1, 0.15) is 54.4 Å². The van der Waals surface area contributed by atoms with E-state index < -0.39 is 35.3 Å². The zero-order valence-electron chi connectivity index (χ0n) is 32.0. The van der Waals surface area contributed by atoms with Crippen molar-refractivity contribution in [2.45, 2.75) is 38.7 Å². The van der Waals surface area contributed by atoms with E-state index in [4.69, 9.17) is 32.4 Å². The Labute approximate surface area is 338 Å². The lowest BCUT2D eigenvalue weighted by molar-refractivity contribution is -0.137. The number of fused-ring (bicyclic) bond motifs is 2. The van der Waals surface area contributed by atoms with E-state index in [1.807, 2.05) is 36.4 Å². The van der Waals surface area contributed by atoms with Crippen LogP contribution in [0.4, 0.5) is 26.3 Å². The smallest absolute Gasteiger partial charge is 0.417 e. The first kappa shape index (κ1) is 44.1. The Morgan fingerprint density at radius 2 is 1.08 bits per heavy atom. The van der Waals surface area contributed by atoms with Crippen LogP contribution in [0, 0.1) is 0 Å². The van der Waals surface area contributed by atoms with E-state index in [0.29, 0.717) is 13.1 Å². The van der Waals surface area contributed by atoms with Crippen molar-refractivity contribution < 1.29 is 45.4 Å². The van der Waals surface area contributed by atoms with Crippen LogP contribution in [0.2, 0.25) is 0 Å². The number of hydrogen-bond acceptors (Lipinski definition) is 8. The Balaban J connectivity index is 0.000000228. The van der Waals surface area contributed by atoms with Crippen LogP contribution in [0.25, 0.3) is 21.8 Å². The molecule has 0 fully saturated rings. The number of benzene rings is 4. The van der Waals surface area contributed by atoms with Gasteiger partial charge in [0.2, 0.25) is 0 Å². The zero-order chi connectivity index (χ0) is 43.8. The summed E-state index contributed by atoms with van der Waals surface area (Å²) in [6, 6.07) is 21.3. The third-order valence-corrected chi connectivity index (χ3v) is 8.85. The van der Waals surface area contributed by atoms with Crippen molar-refractivity contribution in [1.29, 1.82) is 0 Å². The molecule has 20 heteroatoms. The number of nitrogens with two attached hydrogens (primary N) is 4. The number of nitrogens with one attached hydrogen (secondary N) is 4. The van der Waals surface area contributed by atoms with Crippen molar-refractivity contribution in [3.63, 3.8) is 0 Å². The lowest BCUT2D eigenvalue weighted by Crippen LogP contribution is -2.36. The van der Waals surface area contributed by atoms with Crippen molar-refractivity contribution in [3.8, 4) is 11.5 Å². The summed E-state index contributed by atoms with van der Waals surface area (Å²) in [4.78, 5) is 37.0. The van der Waals surface area contributed by atoms with Gasteiger partial charge in [-0.1, -0.05) is 48.5 Å². The van der Waals surface area contributed by atoms with Crippen molar-refractivity contribution in [2.75, 3.05) is 14.1 Å². The van der Waals surface area contributed by atoms with Gasteiger partial charge in [0.1, 0.15) is 36.1 Å². The number of aromatic amines is 2. The minimum absolute atomic E-state index is 0.0150. The highest BCUT2D eigenvalue weighted by molar-refractivity contribution is 6.08. The number of aliphatic imine (C=N–C) groups is 2. The fourth-order valence-electron chi connectivity index (χ4n) is 5.68. The molecule has 316 valence electrons. The molecule has 0 spiro atoms. The van der Waals surface area contributed by atoms with Crippen LogP contribution in [0.3, 0.4) is 0 Å². The van der Waals surface area contributed by atoms with Crippen LogP contribution in [0.5, 0.6) is 11.5 Å². The zero-order valence-corrected chi connectivity index (χ0v) is 32.0. The van der Waals surface area contributed by atoms with Crippen molar-refractivity contribution >= 4 is 45.5 Å². The molecule has 0 saturated heterocycles. The van der Waals surface area contributed by atoms with Crippen LogP contribution in [-0.2, 0) is 38.7 Å². The number of H-pyrrole nitrogens is 2. The Morgan fingerprint density at radius 3 is 1.57 bits per heavy atom. The second-order valence-corrected chi connectivity index (χ2v) is 12.9. The van der Waals surface area contributed by atoms with Gasteiger partial charge in [-0.3, -0.25) is 30.2 Å². The van der Waals surface area contributed by atoms with E-state index in [1.54, 1.807) is 12.1 Å². The summed E-state index contributed by atoms with van der Waals surface area (Å²) in [6.07, 6.45) is -9.24. The Morgan fingerprint density at radius 1 is 0.617 bits per heavy atom. The summed E-state index contributed by atoms with van der Waals surface area (Å²) in [5.74, 6) is -1.54. The van der Waals surface area contributed by atoms with Gasteiger partial charge in [0.15, 0.2) is 11.9 Å². The molecule has 0 bridgehead atoms. The number of carbonyl (C=O) groups is 2. The lowest BCUT2D eigenvalue weighted by Gasteiger charge is -2.12. The van der Waals surface area contributed by atoms with Gasteiger partial charge < -0.3 is 42.4 Å². The molecule has 12 N–H and O–H groups in total. The summed E-state index contributed by atoms with van der Waals surface area (Å²) < 4.78 is 92.4. The summed E-state index contributed by atoms with van der Waals surface area (Å²) in [5, 5.41) is 4.21. The van der Waals surface area contributed by atoms with Gasteiger partial charge in [-0.05, 0) is 52.6 Å². The molecule has 2 aromatic heterocycles. The third kappa shape index (κ3) is 10.9. The van der Waals surface area contributed by atoms with Gasteiger partial charge in [0.25, 0.3) is 11.8 Å². The molecule has 0 atom stereocenters. The van der Waals surface area contributed by atoms with E-state index in [-0.39, 0.29) is 69.8 Å². The monoisotopic (exact) mass is 838 g/mol. The maximum absolute atomic E-state index is 13.6. The maximum atomic E-state index is 13.6. The Hall–Kier alpha value is -7.06. The number of aromatic nitrogens is 2. The first-order chi connectivity index (χ1) is 28.4.